The summed E-state index contributed by atoms with van der Waals surface area (Å²) in [6, 6.07) is 5.80. The zero-order valence-electron chi connectivity index (χ0n) is 11.0. The van der Waals surface area contributed by atoms with Crippen LogP contribution in [0.5, 0.6) is 5.75 Å². The molecule has 104 valence electrons. The molecule has 0 atom stereocenters. The fourth-order valence-electron chi connectivity index (χ4n) is 1.75. The fraction of sp³-hybridized carbons (Fsp3) is 0.143. The Morgan fingerprint density at radius 2 is 2.05 bits per heavy atom. The van der Waals surface area contributed by atoms with Gasteiger partial charge in [0.1, 0.15) is 11.6 Å². The zero-order chi connectivity index (χ0) is 14.7. The second kappa shape index (κ2) is 5.56. The number of rotatable bonds is 3. The molecule has 0 aliphatic carbocycles. The highest BCUT2D eigenvalue weighted by Gasteiger charge is 2.14. The maximum Gasteiger partial charge on any atom is 0.358 e. The van der Waals surface area contributed by atoms with E-state index >= 15 is 0 Å². The van der Waals surface area contributed by atoms with Gasteiger partial charge in [-0.25, -0.2) is 14.2 Å². The van der Waals surface area contributed by atoms with E-state index in [1.54, 1.807) is 0 Å². The first kappa shape index (κ1) is 13.8. The number of carbonyl (C=O) groups is 1. The summed E-state index contributed by atoms with van der Waals surface area (Å²) in [5, 5.41) is 0. The van der Waals surface area contributed by atoms with Gasteiger partial charge in [-0.15, -0.1) is 0 Å². The van der Waals surface area contributed by atoms with Gasteiger partial charge in [0.15, 0.2) is 5.69 Å². The predicted octanol–water partition coefficient (Wildman–Crippen LogP) is 2.27. The van der Waals surface area contributed by atoms with Crippen LogP contribution in [0.15, 0.2) is 30.5 Å². The van der Waals surface area contributed by atoms with E-state index in [1.165, 1.54) is 44.7 Å². The maximum atomic E-state index is 13.8. The Hall–Kier alpha value is -2.63. The number of nitrogens with zero attached hydrogens (tertiary/aromatic N) is 1. The van der Waals surface area contributed by atoms with Crippen molar-refractivity contribution in [1.29, 1.82) is 0 Å². The Morgan fingerprint density at radius 3 is 2.65 bits per heavy atom. The number of hydrogen-bond acceptors (Lipinski definition) is 5. The smallest absolute Gasteiger partial charge is 0.358 e. The number of nitrogen functional groups attached to an aromatic ring is 1. The number of hydrogen-bond donors (Lipinski definition) is 1. The van der Waals surface area contributed by atoms with Crippen LogP contribution in [0.3, 0.4) is 0 Å². The Labute approximate surface area is 115 Å². The van der Waals surface area contributed by atoms with Gasteiger partial charge in [0.2, 0.25) is 0 Å². The molecule has 0 aliphatic heterocycles. The molecule has 0 spiro atoms. The molecule has 0 amide bonds. The van der Waals surface area contributed by atoms with Crippen LogP contribution >= 0.6 is 0 Å². The minimum atomic E-state index is -0.639. The lowest BCUT2D eigenvalue weighted by Gasteiger charge is -2.08. The molecule has 2 aromatic rings. The van der Waals surface area contributed by atoms with Crippen molar-refractivity contribution in [3.63, 3.8) is 0 Å². The third-order valence-corrected chi connectivity index (χ3v) is 2.78. The number of nitrogens with two attached hydrogens (primary N) is 1. The molecule has 0 aliphatic rings. The van der Waals surface area contributed by atoms with Gasteiger partial charge in [-0.1, -0.05) is 0 Å². The largest absolute Gasteiger partial charge is 0.497 e. The van der Waals surface area contributed by atoms with Gasteiger partial charge in [0.25, 0.3) is 0 Å². The van der Waals surface area contributed by atoms with E-state index in [-0.39, 0.29) is 11.4 Å². The van der Waals surface area contributed by atoms with Crippen molar-refractivity contribution in [2.45, 2.75) is 0 Å². The summed E-state index contributed by atoms with van der Waals surface area (Å²) in [5.41, 5.74) is 6.60. The van der Waals surface area contributed by atoms with Crippen LogP contribution in [0.1, 0.15) is 10.5 Å². The van der Waals surface area contributed by atoms with E-state index in [0.717, 1.165) is 0 Å². The van der Waals surface area contributed by atoms with Crippen LogP contribution in [0.2, 0.25) is 0 Å². The number of carbonyl (C=O) groups excluding carboxylic acids is 1. The van der Waals surface area contributed by atoms with Gasteiger partial charge in [-0.2, -0.15) is 0 Å². The predicted molar refractivity (Wildman–Crippen MR) is 71.9 cm³/mol. The highest BCUT2D eigenvalue weighted by molar-refractivity contribution is 5.93. The van der Waals surface area contributed by atoms with Crippen molar-refractivity contribution in [1.82, 2.24) is 4.98 Å². The highest BCUT2D eigenvalue weighted by Crippen LogP contribution is 2.28. The summed E-state index contributed by atoms with van der Waals surface area (Å²) >= 11 is 0. The molecular formula is C14H13FN2O3. The van der Waals surface area contributed by atoms with Crippen LogP contribution < -0.4 is 10.5 Å². The van der Waals surface area contributed by atoms with Crippen LogP contribution in [-0.2, 0) is 4.74 Å². The normalized spacial score (nSPS) is 10.2. The molecule has 5 nitrogen and oxygen atoms in total. The van der Waals surface area contributed by atoms with Gasteiger partial charge in [-0.3, -0.25) is 0 Å². The van der Waals surface area contributed by atoms with Crippen molar-refractivity contribution in [2.75, 3.05) is 20.0 Å². The third-order valence-electron chi connectivity index (χ3n) is 2.78. The van der Waals surface area contributed by atoms with Gasteiger partial charge >= 0.3 is 5.97 Å². The lowest BCUT2D eigenvalue weighted by molar-refractivity contribution is 0.0595. The minimum Gasteiger partial charge on any atom is -0.497 e. The molecule has 0 fully saturated rings. The van der Waals surface area contributed by atoms with Crippen molar-refractivity contribution in [3.8, 4) is 16.9 Å². The topological polar surface area (TPSA) is 74.4 Å². The summed E-state index contributed by atoms with van der Waals surface area (Å²) in [7, 11) is 2.73. The summed E-state index contributed by atoms with van der Waals surface area (Å²) in [6.45, 7) is 0. The Bertz CT molecular complexity index is 659. The molecule has 2 N–H and O–H groups in total. The molecule has 1 aromatic carbocycles. The van der Waals surface area contributed by atoms with E-state index in [4.69, 9.17) is 10.5 Å². The molecule has 0 saturated carbocycles. The molecule has 1 heterocycles. The summed E-state index contributed by atoms with van der Waals surface area (Å²) in [6.07, 6.45) is 1.36. The zero-order valence-corrected chi connectivity index (χ0v) is 11.0. The molecule has 6 heteroatoms. The van der Waals surface area contributed by atoms with Crippen molar-refractivity contribution in [2.24, 2.45) is 0 Å². The molecule has 1 aromatic heterocycles. The molecule has 0 saturated heterocycles. The standard InChI is InChI=1S/C14H13FN2O3/c1-19-9-3-4-11(15)10(6-9)8-5-12(16)13(17-7-8)14(18)20-2/h3-7H,16H2,1-2H3. The number of anilines is 1. The number of methoxy groups -OCH3 is 2. The van der Waals surface area contributed by atoms with E-state index in [0.29, 0.717) is 16.9 Å². The molecule has 0 radical (unpaired) electrons. The van der Waals surface area contributed by atoms with Crippen LogP contribution in [0, 0.1) is 5.82 Å². The number of ether oxygens (including phenoxy) is 2. The quantitative estimate of drug-likeness (QED) is 0.870. The SMILES string of the molecule is COC(=O)c1ncc(-c2cc(OC)ccc2F)cc1N. The lowest BCUT2D eigenvalue weighted by Crippen LogP contribution is -2.08. The fourth-order valence-corrected chi connectivity index (χ4v) is 1.75. The van der Waals surface area contributed by atoms with E-state index in [2.05, 4.69) is 9.72 Å². The number of benzene rings is 1. The number of esters is 1. The Balaban J connectivity index is 2.49. The number of aromatic nitrogens is 1. The van der Waals surface area contributed by atoms with E-state index in [9.17, 15) is 9.18 Å². The van der Waals surface area contributed by atoms with E-state index < -0.39 is 11.8 Å². The Kier molecular flexibility index (Phi) is 3.84. The number of halogens is 1. The molecule has 0 bridgehead atoms. The summed E-state index contributed by atoms with van der Waals surface area (Å²) in [5.74, 6) is -0.560. The summed E-state index contributed by atoms with van der Waals surface area (Å²) < 4.78 is 23.4. The van der Waals surface area contributed by atoms with Gasteiger partial charge in [0, 0.05) is 17.3 Å². The van der Waals surface area contributed by atoms with Crippen LogP contribution in [0.4, 0.5) is 10.1 Å². The average Bonchev–Trinajstić information content (AvgIpc) is 2.47. The second-order valence-electron chi connectivity index (χ2n) is 4.00. The third kappa shape index (κ3) is 2.54. The van der Waals surface area contributed by atoms with Gasteiger partial charge in [-0.05, 0) is 24.3 Å². The molecular weight excluding hydrogens is 263 g/mol. The minimum absolute atomic E-state index is 0.000413. The molecule has 0 unspecified atom stereocenters. The first-order valence-electron chi connectivity index (χ1n) is 5.74. The Morgan fingerprint density at radius 1 is 1.30 bits per heavy atom. The lowest BCUT2D eigenvalue weighted by atomic mass is 10.1. The van der Waals surface area contributed by atoms with Crippen molar-refractivity contribution < 1.29 is 18.7 Å². The number of pyridine rings is 1. The van der Waals surface area contributed by atoms with E-state index in [1.807, 2.05) is 0 Å². The van der Waals surface area contributed by atoms with Crippen molar-refractivity contribution in [3.05, 3.63) is 42.0 Å². The average molecular weight is 276 g/mol. The first-order chi connectivity index (χ1) is 9.56. The highest BCUT2D eigenvalue weighted by atomic mass is 19.1. The first-order valence-corrected chi connectivity index (χ1v) is 5.74. The van der Waals surface area contributed by atoms with Crippen LogP contribution in [0.25, 0.3) is 11.1 Å². The van der Waals surface area contributed by atoms with Gasteiger partial charge < -0.3 is 15.2 Å². The van der Waals surface area contributed by atoms with Crippen LogP contribution in [-0.4, -0.2) is 25.2 Å². The maximum absolute atomic E-state index is 13.8. The van der Waals surface area contributed by atoms with Gasteiger partial charge in [0.05, 0.1) is 19.9 Å². The molecule has 2 rings (SSSR count). The van der Waals surface area contributed by atoms with Crippen molar-refractivity contribution >= 4 is 11.7 Å². The molecule has 20 heavy (non-hydrogen) atoms. The monoisotopic (exact) mass is 276 g/mol. The second-order valence-corrected chi connectivity index (χ2v) is 4.00. The summed E-state index contributed by atoms with van der Waals surface area (Å²) in [4.78, 5) is 15.3.